The molecule has 0 spiro atoms. The van der Waals surface area contributed by atoms with E-state index in [4.69, 9.17) is 28.8 Å². The molecule has 0 aliphatic rings. The number of rotatable bonds is 7. The Balaban J connectivity index is 0.878. The number of benzene rings is 10. The van der Waals surface area contributed by atoms with E-state index < -0.39 is 0 Å². The second-order valence-corrected chi connectivity index (χ2v) is 19.4. The van der Waals surface area contributed by atoms with E-state index in [9.17, 15) is 0 Å². The molecule has 0 bridgehead atoms. The summed E-state index contributed by atoms with van der Waals surface area (Å²) in [7, 11) is 0. The summed E-state index contributed by atoms with van der Waals surface area (Å²) in [6.45, 7) is 0. The first-order chi connectivity index (χ1) is 37.6. The lowest BCUT2D eigenvalue weighted by Crippen LogP contribution is -2.02. The van der Waals surface area contributed by atoms with Gasteiger partial charge < -0.3 is 18.0 Å². The van der Waals surface area contributed by atoms with Crippen LogP contribution in [0.4, 0.5) is 0 Å². The van der Waals surface area contributed by atoms with E-state index in [1.54, 1.807) is 0 Å². The highest BCUT2D eigenvalue weighted by atomic mass is 16.3. The third kappa shape index (κ3) is 6.57. The number of pyridine rings is 1. The van der Waals surface area contributed by atoms with E-state index in [1.807, 2.05) is 66.9 Å². The fraction of sp³-hybridized carbons (Fsp3) is 0. The monoisotopic (exact) mass is 972 g/mol. The van der Waals surface area contributed by atoms with Crippen molar-refractivity contribution < 1.29 is 8.83 Å². The van der Waals surface area contributed by atoms with Gasteiger partial charge in [-0.15, -0.1) is 0 Å². The SMILES string of the molecule is c1ccc(-c2nc(-c3ccccc3)nc(-c3cc(-c4ccc5c(c4)oc4cc6c7ccccc7n(-c7ccccc7)c6cc45)cnc3-c3ccc4c(c3)oc3cc5c6ccccc6n(-c6ccccc6)c5cc34)n2)cc1. The highest BCUT2D eigenvalue weighted by molar-refractivity contribution is 6.19. The Morgan fingerprint density at radius 2 is 0.711 bits per heavy atom. The maximum Gasteiger partial charge on any atom is 0.166 e. The van der Waals surface area contributed by atoms with Crippen molar-refractivity contribution in [3.63, 3.8) is 0 Å². The van der Waals surface area contributed by atoms with Crippen LogP contribution in [0.15, 0.2) is 252 Å². The maximum absolute atomic E-state index is 6.82. The molecule has 0 fully saturated rings. The molecule has 0 amide bonds. The van der Waals surface area contributed by atoms with Gasteiger partial charge in [0.1, 0.15) is 22.3 Å². The Hall–Kier alpha value is -10.4. The van der Waals surface area contributed by atoms with Crippen molar-refractivity contribution in [1.82, 2.24) is 29.1 Å². The zero-order valence-electron chi connectivity index (χ0n) is 40.6. The molecule has 8 heteroatoms. The summed E-state index contributed by atoms with van der Waals surface area (Å²) in [6, 6.07) is 82.3. The normalized spacial score (nSPS) is 11.9. The van der Waals surface area contributed by atoms with Gasteiger partial charge in [0.25, 0.3) is 0 Å². The summed E-state index contributed by atoms with van der Waals surface area (Å²) in [5.41, 5.74) is 15.9. The lowest BCUT2D eigenvalue weighted by Gasteiger charge is -2.13. The summed E-state index contributed by atoms with van der Waals surface area (Å²) < 4.78 is 18.3. The largest absolute Gasteiger partial charge is 0.456 e. The van der Waals surface area contributed by atoms with E-state index in [2.05, 4.69) is 185 Å². The van der Waals surface area contributed by atoms with Gasteiger partial charge in [-0.25, -0.2) is 15.0 Å². The molecule has 0 atom stereocenters. The van der Waals surface area contributed by atoms with E-state index in [0.717, 1.165) is 121 Å². The Morgan fingerprint density at radius 1 is 0.276 bits per heavy atom. The Kier molecular flexibility index (Phi) is 9.17. The molecule has 16 rings (SSSR count). The molecule has 0 saturated carbocycles. The summed E-state index contributed by atoms with van der Waals surface area (Å²) in [6.07, 6.45) is 1.94. The van der Waals surface area contributed by atoms with Crippen LogP contribution in [0.5, 0.6) is 0 Å². The minimum atomic E-state index is 0.500. The number of hydrogen-bond donors (Lipinski definition) is 0. The summed E-state index contributed by atoms with van der Waals surface area (Å²) in [5, 5.41) is 8.77. The van der Waals surface area contributed by atoms with Crippen LogP contribution < -0.4 is 0 Å². The van der Waals surface area contributed by atoms with Crippen LogP contribution in [0.2, 0.25) is 0 Å². The molecule has 0 N–H and O–H groups in total. The Bertz CT molecular complexity index is 4920. The van der Waals surface area contributed by atoms with Crippen molar-refractivity contribution in [3.8, 4) is 67.9 Å². The highest BCUT2D eigenvalue weighted by Gasteiger charge is 2.22. The van der Waals surface area contributed by atoms with Crippen molar-refractivity contribution in [1.29, 1.82) is 0 Å². The summed E-state index contributed by atoms with van der Waals surface area (Å²) >= 11 is 0. The van der Waals surface area contributed by atoms with Gasteiger partial charge in [-0.05, 0) is 96.6 Å². The molecule has 0 aliphatic carbocycles. The minimum Gasteiger partial charge on any atom is -0.456 e. The van der Waals surface area contributed by atoms with Gasteiger partial charge in [0, 0.05) is 88.5 Å². The average molecular weight is 973 g/mol. The third-order valence-electron chi connectivity index (χ3n) is 15.0. The van der Waals surface area contributed by atoms with Crippen LogP contribution in [0.1, 0.15) is 0 Å². The molecule has 10 aromatic carbocycles. The minimum absolute atomic E-state index is 0.500. The second kappa shape index (κ2) is 16.5. The molecule has 0 unspecified atom stereocenters. The van der Waals surface area contributed by atoms with E-state index >= 15 is 0 Å². The van der Waals surface area contributed by atoms with Crippen molar-refractivity contribution in [3.05, 3.63) is 243 Å². The summed E-state index contributed by atoms with van der Waals surface area (Å²) in [4.78, 5) is 20.9. The van der Waals surface area contributed by atoms with Gasteiger partial charge in [0.05, 0.1) is 27.8 Å². The predicted octanol–water partition coefficient (Wildman–Crippen LogP) is 17.6. The van der Waals surface area contributed by atoms with Gasteiger partial charge in [-0.2, -0.15) is 0 Å². The average Bonchev–Trinajstić information content (AvgIpc) is 4.25. The van der Waals surface area contributed by atoms with Gasteiger partial charge in [0.15, 0.2) is 17.5 Å². The third-order valence-corrected chi connectivity index (χ3v) is 15.0. The Labute approximate surface area is 434 Å². The van der Waals surface area contributed by atoms with Crippen LogP contribution in [0, 0.1) is 0 Å². The predicted molar refractivity (Wildman–Crippen MR) is 308 cm³/mol. The number of hydrogen-bond acceptors (Lipinski definition) is 6. The van der Waals surface area contributed by atoms with E-state index in [0.29, 0.717) is 23.2 Å². The zero-order valence-corrected chi connectivity index (χ0v) is 40.6. The fourth-order valence-corrected chi connectivity index (χ4v) is 11.5. The smallest absolute Gasteiger partial charge is 0.166 e. The van der Waals surface area contributed by atoms with Crippen LogP contribution >= 0.6 is 0 Å². The second-order valence-electron chi connectivity index (χ2n) is 19.4. The summed E-state index contributed by atoms with van der Waals surface area (Å²) in [5.74, 6) is 1.63. The molecule has 0 saturated heterocycles. The number of furan rings is 2. The molecular formula is C68H40N6O2. The van der Waals surface area contributed by atoms with Gasteiger partial charge in [0.2, 0.25) is 0 Å². The first-order valence-corrected chi connectivity index (χ1v) is 25.4. The maximum atomic E-state index is 6.82. The molecule has 8 nitrogen and oxygen atoms in total. The number of aromatic nitrogens is 6. The quantitative estimate of drug-likeness (QED) is 0.158. The molecule has 354 valence electrons. The standard InChI is InChI=1S/C68H40N6O2/c1-5-17-41(18-6-1)66-70-67(42-19-7-2-8-20-42)72-68(71-66)56-33-45(43-29-31-50-54-36-59-52(38-63(54)75-61(50)34-43)48-25-13-15-27-57(48)73(59)46-21-9-3-10-22-46)40-69-65(56)44-30-32-51-55-37-60-53(39-64(55)76-62(51)35-44)49-26-14-16-28-58(49)74(60)47-23-11-4-12-24-47/h1-40H. The lowest BCUT2D eigenvalue weighted by molar-refractivity contribution is 0.669. The highest BCUT2D eigenvalue weighted by Crippen LogP contribution is 2.43. The van der Waals surface area contributed by atoms with Gasteiger partial charge in [-0.3, -0.25) is 4.98 Å². The molecule has 0 aliphatic heterocycles. The van der Waals surface area contributed by atoms with Crippen molar-refractivity contribution in [2.24, 2.45) is 0 Å². The molecule has 16 aromatic rings. The molecule has 76 heavy (non-hydrogen) atoms. The number of nitrogens with zero attached hydrogens (tertiary/aromatic N) is 6. The molecule has 6 aromatic heterocycles. The van der Waals surface area contributed by atoms with Crippen LogP contribution in [0.3, 0.4) is 0 Å². The molecule has 6 heterocycles. The Morgan fingerprint density at radius 3 is 1.24 bits per heavy atom. The van der Waals surface area contributed by atoms with Crippen molar-refractivity contribution >= 4 is 87.5 Å². The first kappa shape index (κ1) is 42.1. The lowest BCUT2D eigenvalue weighted by atomic mass is 9.98. The number of para-hydroxylation sites is 4. The number of fused-ring (bicyclic) bond motifs is 12. The van der Waals surface area contributed by atoms with Crippen molar-refractivity contribution in [2.45, 2.75) is 0 Å². The van der Waals surface area contributed by atoms with E-state index in [1.165, 1.54) is 10.8 Å². The van der Waals surface area contributed by atoms with Crippen LogP contribution in [-0.2, 0) is 0 Å². The van der Waals surface area contributed by atoms with Gasteiger partial charge in [-0.1, -0.05) is 146 Å². The van der Waals surface area contributed by atoms with Crippen molar-refractivity contribution in [2.75, 3.05) is 0 Å². The zero-order chi connectivity index (χ0) is 49.8. The first-order valence-electron chi connectivity index (χ1n) is 25.4. The van der Waals surface area contributed by atoms with Crippen LogP contribution in [0.25, 0.3) is 155 Å². The van der Waals surface area contributed by atoms with Gasteiger partial charge >= 0.3 is 0 Å². The topological polar surface area (TPSA) is 87.7 Å². The fourth-order valence-electron chi connectivity index (χ4n) is 11.5. The molecule has 0 radical (unpaired) electrons. The van der Waals surface area contributed by atoms with E-state index in [-0.39, 0.29) is 0 Å². The molecular weight excluding hydrogens is 933 g/mol. The van der Waals surface area contributed by atoms with Crippen LogP contribution in [-0.4, -0.2) is 29.1 Å².